The molecule has 3 saturated heterocycles. The molecule has 40 heavy (non-hydrogen) atoms. The van der Waals surface area contributed by atoms with Crippen LogP contribution in [0.15, 0.2) is 30.6 Å². The number of halogens is 1. The number of rotatable bonds is 5. The van der Waals surface area contributed by atoms with Crippen LogP contribution in [0.25, 0.3) is 22.3 Å². The van der Waals surface area contributed by atoms with Gasteiger partial charge < -0.3 is 15.4 Å². The van der Waals surface area contributed by atoms with E-state index in [1.165, 1.54) is 16.8 Å². The maximum Gasteiger partial charge on any atom is 0.410 e. The van der Waals surface area contributed by atoms with E-state index in [0.29, 0.717) is 18.4 Å². The number of nitrogens with two attached hydrogens (primary N) is 1. The number of nitrogens with zero attached hydrogens (tertiary/aromatic N) is 7. The summed E-state index contributed by atoms with van der Waals surface area (Å²) in [6, 6.07) is 8.95. The van der Waals surface area contributed by atoms with Gasteiger partial charge in [0.15, 0.2) is 11.3 Å². The van der Waals surface area contributed by atoms with Gasteiger partial charge in [-0.25, -0.2) is 23.8 Å². The Bertz CT molecular complexity index is 1380. The fraction of sp³-hybridized carbons (Fsp3) is 0.586. The van der Waals surface area contributed by atoms with Gasteiger partial charge in [0, 0.05) is 44.3 Å². The summed E-state index contributed by atoms with van der Waals surface area (Å²) in [5, 5.41) is 5.82. The number of piperidine rings is 1. The zero-order chi connectivity index (χ0) is 28.2. The molecule has 0 radical (unpaired) electrons. The molecule has 3 aliphatic heterocycles. The van der Waals surface area contributed by atoms with Crippen molar-refractivity contribution in [2.24, 2.45) is 0 Å². The van der Waals surface area contributed by atoms with Gasteiger partial charge in [-0.2, -0.15) is 5.10 Å². The van der Waals surface area contributed by atoms with Crippen molar-refractivity contribution in [2.45, 2.75) is 63.9 Å². The number of nitrogen functional groups attached to an aromatic ring is 1. The quantitative estimate of drug-likeness (QED) is 0.513. The number of alkyl halides is 1. The van der Waals surface area contributed by atoms with Crippen molar-refractivity contribution in [3.8, 4) is 11.3 Å². The van der Waals surface area contributed by atoms with Crippen molar-refractivity contribution in [3.63, 3.8) is 0 Å². The fourth-order valence-electron chi connectivity index (χ4n) is 6.16. The van der Waals surface area contributed by atoms with E-state index < -0.39 is 17.4 Å². The molecular formula is C29H39FN8O2. The van der Waals surface area contributed by atoms with Crippen LogP contribution < -0.4 is 5.73 Å². The van der Waals surface area contributed by atoms with Crippen molar-refractivity contribution in [2.75, 3.05) is 51.5 Å². The molecule has 3 aliphatic rings. The number of ether oxygens (including phenoxy) is 1. The topological polar surface area (TPSA) is 106 Å². The summed E-state index contributed by atoms with van der Waals surface area (Å²) in [6.45, 7) is 11.7. The van der Waals surface area contributed by atoms with Gasteiger partial charge in [0.1, 0.15) is 23.4 Å². The molecule has 2 aromatic heterocycles. The van der Waals surface area contributed by atoms with Crippen molar-refractivity contribution < 1.29 is 13.9 Å². The van der Waals surface area contributed by atoms with Gasteiger partial charge in [0.05, 0.1) is 24.5 Å². The van der Waals surface area contributed by atoms with Crippen LogP contribution in [0.3, 0.4) is 0 Å². The van der Waals surface area contributed by atoms with E-state index in [1.807, 2.05) is 25.5 Å². The van der Waals surface area contributed by atoms with Gasteiger partial charge in [-0.05, 0) is 40.5 Å². The van der Waals surface area contributed by atoms with Gasteiger partial charge in [-0.1, -0.05) is 29.8 Å². The Morgan fingerprint density at radius 2 is 1.77 bits per heavy atom. The summed E-state index contributed by atoms with van der Waals surface area (Å²) in [6.07, 6.45) is 3.00. The van der Waals surface area contributed by atoms with Crippen molar-refractivity contribution in [3.05, 3.63) is 36.2 Å². The summed E-state index contributed by atoms with van der Waals surface area (Å²) in [4.78, 5) is 27.1. The highest BCUT2D eigenvalue weighted by Gasteiger charge is 2.50. The normalized spacial score (nSPS) is 20.9. The molecule has 1 aromatic carbocycles. The molecule has 2 N–H and O–H groups in total. The monoisotopic (exact) mass is 550 g/mol. The van der Waals surface area contributed by atoms with Crippen LogP contribution in [0, 0.1) is 6.92 Å². The van der Waals surface area contributed by atoms with E-state index >= 15 is 4.39 Å². The van der Waals surface area contributed by atoms with Gasteiger partial charge in [-0.15, -0.1) is 0 Å². The standard InChI is InChI=1S/C29H39FN8O2/c1-19-5-7-20(8-6-19)24-23-25(31)32-18-33-26(23)38(34-24)21-9-11-36(12-10-21)22-13-35(14-22)15-29(30)16-37(17-29)27(39)40-28(2,3)4/h5-8,18,21-22H,9-17H2,1-4H3,(H2,31,32,33). The lowest BCUT2D eigenvalue weighted by Gasteiger charge is -2.52. The smallest absolute Gasteiger partial charge is 0.410 e. The summed E-state index contributed by atoms with van der Waals surface area (Å²) in [5.74, 6) is 0.449. The summed E-state index contributed by atoms with van der Waals surface area (Å²) in [5.41, 5.74) is 8.19. The molecule has 1 amide bonds. The highest BCUT2D eigenvalue weighted by molar-refractivity contribution is 5.98. The first kappa shape index (κ1) is 26.9. The van der Waals surface area contributed by atoms with E-state index in [2.05, 4.69) is 51.0 Å². The first-order valence-electron chi connectivity index (χ1n) is 14.2. The average molecular weight is 551 g/mol. The van der Waals surface area contributed by atoms with E-state index in [4.69, 9.17) is 15.6 Å². The molecular weight excluding hydrogens is 511 g/mol. The number of amides is 1. The number of hydrogen-bond acceptors (Lipinski definition) is 8. The molecule has 3 fully saturated rings. The van der Waals surface area contributed by atoms with Crippen LogP contribution in [0.4, 0.5) is 15.0 Å². The fourth-order valence-corrected chi connectivity index (χ4v) is 6.16. The van der Waals surface area contributed by atoms with Crippen molar-refractivity contribution in [1.82, 2.24) is 34.4 Å². The largest absolute Gasteiger partial charge is 0.444 e. The van der Waals surface area contributed by atoms with Gasteiger partial charge in [0.2, 0.25) is 0 Å². The highest BCUT2D eigenvalue weighted by atomic mass is 19.1. The molecule has 10 nitrogen and oxygen atoms in total. The van der Waals surface area contributed by atoms with Crippen LogP contribution >= 0.6 is 0 Å². The minimum absolute atomic E-state index is 0.102. The van der Waals surface area contributed by atoms with Gasteiger partial charge >= 0.3 is 6.09 Å². The number of anilines is 1. The Hall–Kier alpha value is -3.31. The third-order valence-electron chi connectivity index (χ3n) is 8.25. The van der Waals surface area contributed by atoms with Crippen molar-refractivity contribution >= 4 is 22.9 Å². The van der Waals surface area contributed by atoms with Crippen LogP contribution in [0.1, 0.15) is 45.2 Å². The second kappa shape index (κ2) is 9.95. The average Bonchev–Trinajstić information content (AvgIpc) is 3.25. The molecule has 6 rings (SSSR count). The van der Waals surface area contributed by atoms with Gasteiger partial charge in [-0.3, -0.25) is 9.80 Å². The predicted molar refractivity (Wildman–Crippen MR) is 152 cm³/mol. The molecule has 0 saturated carbocycles. The first-order chi connectivity index (χ1) is 19.0. The lowest BCUT2D eigenvalue weighted by molar-refractivity contribution is -0.0845. The second-order valence-corrected chi connectivity index (χ2v) is 12.7. The number of aromatic nitrogens is 4. The Balaban J connectivity index is 1.03. The van der Waals surface area contributed by atoms with E-state index in [1.54, 1.807) is 0 Å². The van der Waals surface area contributed by atoms with Crippen LogP contribution in [-0.4, -0.2) is 104 Å². The summed E-state index contributed by atoms with van der Waals surface area (Å²) < 4.78 is 22.6. The number of benzene rings is 1. The number of carbonyl (C=O) groups is 1. The predicted octanol–water partition coefficient (Wildman–Crippen LogP) is 3.66. The van der Waals surface area contributed by atoms with E-state index in [-0.39, 0.29) is 19.1 Å². The Morgan fingerprint density at radius 3 is 2.42 bits per heavy atom. The first-order valence-corrected chi connectivity index (χ1v) is 14.2. The number of aryl methyl sites for hydroxylation is 1. The molecule has 214 valence electrons. The number of hydrogen-bond donors (Lipinski definition) is 1. The molecule has 0 bridgehead atoms. The summed E-state index contributed by atoms with van der Waals surface area (Å²) >= 11 is 0. The lowest BCUT2D eigenvalue weighted by atomic mass is 9.93. The third kappa shape index (κ3) is 5.24. The Kier molecular flexibility index (Phi) is 6.69. The number of fused-ring (bicyclic) bond motifs is 1. The molecule has 0 aliphatic carbocycles. The molecule has 0 spiro atoms. The van der Waals surface area contributed by atoms with Gasteiger partial charge in [0.25, 0.3) is 0 Å². The second-order valence-electron chi connectivity index (χ2n) is 12.7. The van der Waals surface area contributed by atoms with Crippen LogP contribution in [0.5, 0.6) is 0 Å². The van der Waals surface area contributed by atoms with E-state index in [0.717, 1.165) is 61.3 Å². The minimum atomic E-state index is -1.35. The Labute approximate surface area is 234 Å². The minimum Gasteiger partial charge on any atom is -0.444 e. The molecule has 3 aromatic rings. The zero-order valence-electron chi connectivity index (χ0n) is 23.8. The molecule has 11 heteroatoms. The van der Waals surface area contributed by atoms with Crippen molar-refractivity contribution in [1.29, 1.82) is 0 Å². The molecule has 0 unspecified atom stereocenters. The molecule has 0 atom stereocenters. The van der Waals surface area contributed by atoms with Crippen LogP contribution in [0.2, 0.25) is 0 Å². The van der Waals surface area contributed by atoms with E-state index in [9.17, 15) is 4.79 Å². The Morgan fingerprint density at radius 1 is 1.10 bits per heavy atom. The maximum atomic E-state index is 15.2. The SMILES string of the molecule is Cc1ccc(-c2nn(C3CCN(C4CN(CC5(F)CN(C(=O)OC(C)(C)C)C5)C4)CC3)c3ncnc(N)c23)cc1. The zero-order valence-corrected chi connectivity index (χ0v) is 23.8. The highest BCUT2D eigenvalue weighted by Crippen LogP contribution is 2.35. The third-order valence-corrected chi connectivity index (χ3v) is 8.25. The number of likely N-dealkylation sites (tertiary alicyclic amines) is 3. The molecule has 5 heterocycles. The maximum absolute atomic E-state index is 15.2. The summed E-state index contributed by atoms with van der Waals surface area (Å²) in [7, 11) is 0. The van der Waals surface area contributed by atoms with Crippen LogP contribution in [-0.2, 0) is 4.74 Å². The number of carbonyl (C=O) groups excluding carboxylic acids is 1. The lowest BCUT2D eigenvalue weighted by Crippen LogP contribution is -2.69.